The van der Waals surface area contributed by atoms with Gasteiger partial charge in [-0.3, -0.25) is 29.8 Å². The molecule has 0 aliphatic carbocycles. The van der Waals surface area contributed by atoms with Gasteiger partial charge in [0.05, 0.1) is 21.0 Å². The van der Waals surface area contributed by atoms with Crippen molar-refractivity contribution < 1.29 is 38.5 Å². The monoisotopic (exact) mass is 644 g/mol. The summed E-state index contributed by atoms with van der Waals surface area (Å²) in [7, 11) is 0. The summed E-state index contributed by atoms with van der Waals surface area (Å²) in [5.41, 5.74) is 0.461. The average molecular weight is 645 g/mol. The maximum absolute atomic E-state index is 13.4. The van der Waals surface area contributed by atoms with E-state index >= 15 is 0 Å². The third kappa shape index (κ3) is 7.51. The number of nitro groups is 2. The van der Waals surface area contributed by atoms with Gasteiger partial charge in [-0.15, -0.1) is 0 Å². The molecule has 0 heterocycles. The van der Waals surface area contributed by atoms with Crippen molar-refractivity contribution in [2.24, 2.45) is 0 Å². The summed E-state index contributed by atoms with van der Waals surface area (Å²) < 4.78 is 11.2. The normalized spacial score (nSPS) is 11.8. The molecule has 0 radical (unpaired) electrons. The topological polar surface area (TPSA) is 173 Å². The number of nitrogens with zero attached hydrogens (tertiary/aromatic N) is 2. The zero-order chi connectivity index (χ0) is 34.2. The van der Waals surface area contributed by atoms with Crippen LogP contribution in [0.1, 0.15) is 64.8 Å². The number of benzene rings is 5. The molecule has 2 atom stereocenters. The maximum Gasteiger partial charge on any atom is 0.339 e. The van der Waals surface area contributed by atoms with E-state index in [1.54, 1.807) is 60.7 Å². The van der Waals surface area contributed by atoms with Crippen LogP contribution in [0.4, 0.5) is 11.4 Å². The van der Waals surface area contributed by atoms with Gasteiger partial charge in [-0.1, -0.05) is 60.7 Å². The van der Waals surface area contributed by atoms with Gasteiger partial charge < -0.3 is 9.47 Å². The fraction of sp³-hybridized carbons (Fsp3) is 0.0556. The molecule has 0 fully saturated rings. The molecule has 0 saturated carbocycles. The van der Waals surface area contributed by atoms with Gasteiger partial charge >= 0.3 is 11.9 Å². The number of non-ortho nitro benzene ring substituents is 2. The number of rotatable bonds is 12. The molecular formula is C36H24N2O10. The minimum Gasteiger partial charge on any atom is -0.445 e. The summed E-state index contributed by atoms with van der Waals surface area (Å²) in [6, 6.07) is 31.3. The number of carbonyl (C=O) groups is 4. The first-order chi connectivity index (χ1) is 23.1. The van der Waals surface area contributed by atoms with Crippen molar-refractivity contribution >= 4 is 34.9 Å². The molecule has 0 unspecified atom stereocenters. The first-order valence-electron chi connectivity index (χ1n) is 14.3. The van der Waals surface area contributed by atoms with Gasteiger partial charge in [-0.05, 0) is 48.5 Å². The van der Waals surface area contributed by atoms with Gasteiger partial charge in [0, 0.05) is 46.5 Å². The Labute approximate surface area is 272 Å². The van der Waals surface area contributed by atoms with Crippen molar-refractivity contribution in [1.82, 2.24) is 0 Å². The van der Waals surface area contributed by atoms with Crippen molar-refractivity contribution in [3.8, 4) is 0 Å². The SMILES string of the molecule is O=C(O[C@H](C(=O)c1ccccc1)c1ccc([N+](=O)[O-])cc1)c1ccc(C(=O)O[C@H](C(=O)c2ccccc2)c2ccc([N+](=O)[O-])cc2)cc1. The van der Waals surface area contributed by atoms with Gasteiger partial charge in [0.1, 0.15) is 0 Å². The minimum absolute atomic E-state index is 0.0217. The number of Topliss-reactive ketones (excluding diaryl/α,β-unsaturated/α-hetero) is 2. The van der Waals surface area contributed by atoms with E-state index in [0.717, 1.165) is 0 Å². The molecule has 5 rings (SSSR count). The van der Waals surface area contributed by atoms with Crippen molar-refractivity contribution in [3.05, 3.63) is 187 Å². The van der Waals surface area contributed by atoms with Crippen LogP contribution in [0.15, 0.2) is 133 Å². The minimum atomic E-state index is -1.43. The van der Waals surface area contributed by atoms with Crippen LogP contribution in [0.2, 0.25) is 0 Å². The molecule has 12 nitrogen and oxygen atoms in total. The molecule has 0 saturated heterocycles. The van der Waals surface area contributed by atoms with Crippen LogP contribution in [0.25, 0.3) is 0 Å². The third-order valence-electron chi connectivity index (χ3n) is 7.21. The molecule has 48 heavy (non-hydrogen) atoms. The number of hydrogen-bond donors (Lipinski definition) is 0. The van der Waals surface area contributed by atoms with Crippen molar-refractivity contribution in [2.45, 2.75) is 12.2 Å². The Morgan fingerprint density at radius 1 is 0.438 bits per heavy atom. The molecule has 5 aromatic carbocycles. The summed E-state index contributed by atoms with van der Waals surface area (Å²) >= 11 is 0. The number of esters is 2. The Morgan fingerprint density at radius 2 is 0.750 bits per heavy atom. The summed E-state index contributed by atoms with van der Waals surface area (Å²) in [5, 5.41) is 22.2. The number of ketones is 2. The van der Waals surface area contributed by atoms with Gasteiger partial charge in [0.25, 0.3) is 11.4 Å². The van der Waals surface area contributed by atoms with Crippen LogP contribution in [0.5, 0.6) is 0 Å². The van der Waals surface area contributed by atoms with E-state index in [1.807, 2.05) is 0 Å². The summed E-state index contributed by atoms with van der Waals surface area (Å²) in [6.45, 7) is 0. The summed E-state index contributed by atoms with van der Waals surface area (Å²) in [6.07, 6.45) is -2.87. The zero-order valence-corrected chi connectivity index (χ0v) is 24.8. The fourth-order valence-electron chi connectivity index (χ4n) is 4.69. The van der Waals surface area contributed by atoms with Crippen molar-refractivity contribution in [1.29, 1.82) is 0 Å². The molecule has 0 spiro atoms. The van der Waals surface area contributed by atoms with E-state index in [-0.39, 0.29) is 44.8 Å². The van der Waals surface area contributed by atoms with Crippen LogP contribution < -0.4 is 0 Å². The van der Waals surface area contributed by atoms with E-state index in [0.29, 0.717) is 0 Å². The molecule has 0 aromatic heterocycles. The second-order valence-corrected chi connectivity index (χ2v) is 10.3. The van der Waals surface area contributed by atoms with Gasteiger partial charge in [0.2, 0.25) is 11.6 Å². The highest BCUT2D eigenvalue weighted by atomic mass is 16.6. The first-order valence-corrected chi connectivity index (χ1v) is 14.3. The second kappa shape index (κ2) is 14.5. The van der Waals surface area contributed by atoms with Crippen LogP contribution in [-0.2, 0) is 9.47 Å². The van der Waals surface area contributed by atoms with Gasteiger partial charge in [-0.25, -0.2) is 9.59 Å². The van der Waals surface area contributed by atoms with Crippen molar-refractivity contribution in [2.75, 3.05) is 0 Å². The molecule has 0 amide bonds. The summed E-state index contributed by atoms with van der Waals surface area (Å²) in [5.74, 6) is -2.94. The Kier molecular flexibility index (Phi) is 9.85. The van der Waals surface area contributed by atoms with Crippen LogP contribution in [0.3, 0.4) is 0 Å². The van der Waals surface area contributed by atoms with Crippen molar-refractivity contribution in [3.63, 3.8) is 0 Å². The van der Waals surface area contributed by atoms with E-state index < -0.39 is 45.6 Å². The smallest absolute Gasteiger partial charge is 0.339 e. The Hall–Kier alpha value is -6.82. The third-order valence-corrected chi connectivity index (χ3v) is 7.21. The standard InChI is InChI=1S/C36H24N2O10/c39-31(23-7-3-1-4-8-23)33(25-15-19-29(20-16-25)37(43)44)47-35(41)27-11-13-28(14-12-27)36(42)48-34(32(40)24-9-5-2-6-10-24)26-17-21-30(22-18-26)38(45)46/h1-22,33-34H/t33-,34-/m0/s1. The van der Waals surface area contributed by atoms with Gasteiger partial charge in [-0.2, -0.15) is 0 Å². The predicted octanol–water partition coefficient (Wildman–Crippen LogP) is 7.07. The largest absolute Gasteiger partial charge is 0.445 e. The maximum atomic E-state index is 13.4. The van der Waals surface area contributed by atoms with Gasteiger partial charge in [0.15, 0.2) is 12.2 Å². The molecular weight excluding hydrogens is 620 g/mol. The quantitative estimate of drug-likeness (QED) is 0.0592. The molecule has 238 valence electrons. The van der Waals surface area contributed by atoms with E-state index in [2.05, 4.69) is 0 Å². The number of ether oxygens (including phenoxy) is 2. The average Bonchev–Trinajstić information content (AvgIpc) is 3.13. The molecule has 0 aliphatic heterocycles. The van der Waals surface area contributed by atoms with E-state index in [1.165, 1.54) is 72.8 Å². The molecule has 12 heteroatoms. The lowest BCUT2D eigenvalue weighted by Crippen LogP contribution is -2.21. The lowest BCUT2D eigenvalue weighted by Gasteiger charge is -2.18. The van der Waals surface area contributed by atoms with E-state index in [9.17, 15) is 39.4 Å². The number of hydrogen-bond acceptors (Lipinski definition) is 10. The van der Waals surface area contributed by atoms with Crippen LogP contribution in [0, 0.1) is 20.2 Å². The highest BCUT2D eigenvalue weighted by molar-refractivity contribution is 6.03. The molecule has 5 aromatic rings. The fourth-order valence-corrected chi connectivity index (χ4v) is 4.69. The zero-order valence-electron chi connectivity index (χ0n) is 24.8. The Bertz CT molecular complexity index is 1830. The van der Waals surface area contributed by atoms with Crippen LogP contribution >= 0.6 is 0 Å². The van der Waals surface area contributed by atoms with E-state index in [4.69, 9.17) is 9.47 Å². The molecule has 0 bridgehead atoms. The Morgan fingerprint density at radius 3 is 1.04 bits per heavy atom. The first kappa shape index (κ1) is 32.6. The lowest BCUT2D eigenvalue weighted by molar-refractivity contribution is -0.385. The second-order valence-electron chi connectivity index (χ2n) is 10.3. The number of nitro benzene ring substituents is 2. The lowest BCUT2D eigenvalue weighted by atomic mass is 9.99. The molecule has 0 N–H and O–H groups in total. The highest BCUT2D eigenvalue weighted by Gasteiger charge is 2.29. The van der Waals surface area contributed by atoms with Crippen LogP contribution in [-0.4, -0.2) is 33.4 Å². The predicted molar refractivity (Wildman–Crippen MR) is 170 cm³/mol. The Balaban J connectivity index is 1.36. The molecule has 0 aliphatic rings. The summed E-state index contributed by atoms with van der Waals surface area (Å²) in [4.78, 5) is 74.2. The number of carbonyl (C=O) groups excluding carboxylic acids is 4. The highest BCUT2D eigenvalue weighted by Crippen LogP contribution is 2.28.